The van der Waals surface area contributed by atoms with Crippen molar-refractivity contribution in [3.8, 4) is 0 Å². The molecule has 6 heteroatoms. The molecule has 0 fully saturated rings. The highest BCUT2D eigenvalue weighted by atomic mass is 16.6. The molecule has 0 saturated carbocycles. The van der Waals surface area contributed by atoms with E-state index in [0.29, 0.717) is 32.6 Å². The van der Waals surface area contributed by atoms with Gasteiger partial charge in [0.05, 0.1) is 6.61 Å². The summed E-state index contributed by atoms with van der Waals surface area (Å²) in [6.45, 7) is 6.69. The Bertz CT molecular complexity index is 255. The van der Waals surface area contributed by atoms with E-state index in [-0.39, 0.29) is 5.97 Å². The fourth-order valence-electron chi connectivity index (χ4n) is 0.963. The summed E-state index contributed by atoms with van der Waals surface area (Å²) in [5, 5.41) is 3.32. The number of esters is 1. The standard InChI is InChI=1S/C10H19N3O3/c1-10(2,3)16-9(14)5-4-7-15-8-6-12-13-11/h4-8H2,1-3H3. The van der Waals surface area contributed by atoms with Crippen molar-refractivity contribution in [1.82, 2.24) is 0 Å². The van der Waals surface area contributed by atoms with Crippen LogP contribution >= 0.6 is 0 Å². The second kappa shape index (κ2) is 7.96. The Balaban J connectivity index is 3.38. The zero-order chi connectivity index (χ0) is 12.4. The minimum absolute atomic E-state index is 0.217. The SMILES string of the molecule is CC(C)(C)OC(=O)CCCOCCN=[N+]=[N-]. The lowest BCUT2D eigenvalue weighted by Gasteiger charge is -2.19. The molecule has 0 aliphatic heterocycles. The topological polar surface area (TPSA) is 84.3 Å². The van der Waals surface area contributed by atoms with E-state index in [9.17, 15) is 4.79 Å². The number of nitrogens with zero attached hydrogens (tertiary/aromatic N) is 3. The summed E-state index contributed by atoms with van der Waals surface area (Å²) in [7, 11) is 0. The third-order valence-electron chi connectivity index (χ3n) is 1.49. The highest BCUT2D eigenvalue weighted by Crippen LogP contribution is 2.08. The van der Waals surface area contributed by atoms with Crippen LogP contribution in [0.5, 0.6) is 0 Å². The average molecular weight is 229 g/mol. The molecule has 0 bridgehead atoms. The Morgan fingerprint density at radius 2 is 2.06 bits per heavy atom. The van der Waals surface area contributed by atoms with Crippen LogP contribution in [0.3, 0.4) is 0 Å². The highest BCUT2D eigenvalue weighted by molar-refractivity contribution is 5.69. The number of hydrogen-bond acceptors (Lipinski definition) is 4. The molecule has 0 aliphatic rings. The summed E-state index contributed by atoms with van der Waals surface area (Å²) in [6.07, 6.45) is 0.962. The largest absolute Gasteiger partial charge is 0.460 e. The summed E-state index contributed by atoms with van der Waals surface area (Å²) in [5.74, 6) is -0.217. The molecule has 0 spiro atoms. The predicted molar refractivity (Wildman–Crippen MR) is 59.9 cm³/mol. The van der Waals surface area contributed by atoms with Gasteiger partial charge in [0.25, 0.3) is 0 Å². The minimum atomic E-state index is -0.431. The second-order valence-corrected chi connectivity index (χ2v) is 4.26. The first-order chi connectivity index (χ1) is 7.45. The van der Waals surface area contributed by atoms with E-state index in [0.717, 1.165) is 0 Å². The maximum atomic E-state index is 11.2. The second-order valence-electron chi connectivity index (χ2n) is 4.26. The van der Waals surface area contributed by atoms with Gasteiger partial charge in [-0.2, -0.15) is 0 Å². The molecule has 6 nitrogen and oxygen atoms in total. The fourth-order valence-corrected chi connectivity index (χ4v) is 0.963. The van der Waals surface area contributed by atoms with E-state index < -0.39 is 5.60 Å². The Labute approximate surface area is 95.5 Å². The van der Waals surface area contributed by atoms with Crippen LogP contribution in [0.15, 0.2) is 5.11 Å². The summed E-state index contributed by atoms with van der Waals surface area (Å²) in [4.78, 5) is 13.8. The molecular formula is C10H19N3O3. The van der Waals surface area contributed by atoms with Crippen molar-refractivity contribution in [2.24, 2.45) is 5.11 Å². The van der Waals surface area contributed by atoms with Gasteiger partial charge in [0.15, 0.2) is 0 Å². The molecule has 0 rings (SSSR count). The lowest BCUT2D eigenvalue weighted by molar-refractivity contribution is -0.155. The first-order valence-corrected chi connectivity index (χ1v) is 5.26. The monoisotopic (exact) mass is 229 g/mol. The lowest BCUT2D eigenvalue weighted by atomic mass is 10.2. The molecule has 16 heavy (non-hydrogen) atoms. The number of ether oxygens (including phenoxy) is 2. The zero-order valence-electron chi connectivity index (χ0n) is 10.1. The van der Waals surface area contributed by atoms with E-state index in [1.807, 2.05) is 20.8 Å². The van der Waals surface area contributed by atoms with Gasteiger partial charge >= 0.3 is 5.97 Å². The highest BCUT2D eigenvalue weighted by Gasteiger charge is 2.15. The van der Waals surface area contributed by atoms with Crippen LogP contribution in [-0.2, 0) is 14.3 Å². The van der Waals surface area contributed by atoms with Crippen LogP contribution in [0.1, 0.15) is 33.6 Å². The molecule has 0 saturated heterocycles. The van der Waals surface area contributed by atoms with Gasteiger partial charge in [0.1, 0.15) is 5.60 Å². The van der Waals surface area contributed by atoms with Crippen LogP contribution in [-0.4, -0.2) is 31.3 Å². The fraction of sp³-hybridized carbons (Fsp3) is 0.900. The maximum absolute atomic E-state index is 11.2. The van der Waals surface area contributed by atoms with E-state index in [1.165, 1.54) is 0 Å². The molecule has 0 amide bonds. The molecule has 92 valence electrons. The van der Waals surface area contributed by atoms with Gasteiger partial charge in [-0.25, -0.2) is 0 Å². The van der Waals surface area contributed by atoms with Gasteiger partial charge in [-0.3, -0.25) is 4.79 Å². The molecule has 0 radical (unpaired) electrons. The number of rotatable bonds is 7. The summed E-state index contributed by atoms with van der Waals surface area (Å²) >= 11 is 0. The average Bonchev–Trinajstić information content (AvgIpc) is 2.13. The molecule has 0 aromatic rings. The molecule has 0 aromatic heterocycles. The number of carbonyl (C=O) groups is 1. The first kappa shape index (κ1) is 14.7. The van der Waals surface area contributed by atoms with E-state index in [2.05, 4.69) is 10.0 Å². The van der Waals surface area contributed by atoms with Gasteiger partial charge in [0.2, 0.25) is 0 Å². The Morgan fingerprint density at radius 1 is 1.38 bits per heavy atom. The molecule has 0 heterocycles. The Morgan fingerprint density at radius 3 is 2.62 bits per heavy atom. The van der Waals surface area contributed by atoms with Crippen molar-refractivity contribution in [3.63, 3.8) is 0 Å². The van der Waals surface area contributed by atoms with E-state index in [4.69, 9.17) is 15.0 Å². The van der Waals surface area contributed by atoms with Crippen LogP contribution in [0, 0.1) is 0 Å². The van der Waals surface area contributed by atoms with Crippen LogP contribution in [0.25, 0.3) is 10.4 Å². The number of hydrogen-bond donors (Lipinski definition) is 0. The van der Waals surface area contributed by atoms with Crippen molar-refractivity contribution in [3.05, 3.63) is 10.4 Å². The van der Waals surface area contributed by atoms with Crippen molar-refractivity contribution in [1.29, 1.82) is 0 Å². The molecule has 0 aromatic carbocycles. The van der Waals surface area contributed by atoms with Crippen LogP contribution in [0.4, 0.5) is 0 Å². The predicted octanol–water partition coefficient (Wildman–Crippen LogP) is 2.44. The zero-order valence-corrected chi connectivity index (χ0v) is 10.1. The number of carbonyl (C=O) groups excluding carboxylic acids is 1. The van der Waals surface area contributed by atoms with Crippen molar-refractivity contribution < 1.29 is 14.3 Å². The van der Waals surface area contributed by atoms with Gasteiger partial charge in [0, 0.05) is 24.5 Å². The Kier molecular flexibility index (Phi) is 7.33. The molecule has 0 atom stereocenters. The summed E-state index contributed by atoms with van der Waals surface area (Å²) < 4.78 is 10.3. The van der Waals surface area contributed by atoms with Crippen molar-refractivity contribution in [2.75, 3.05) is 19.8 Å². The third kappa shape index (κ3) is 10.8. The quantitative estimate of drug-likeness (QED) is 0.221. The van der Waals surface area contributed by atoms with Crippen molar-refractivity contribution in [2.45, 2.75) is 39.2 Å². The van der Waals surface area contributed by atoms with Crippen LogP contribution in [0.2, 0.25) is 0 Å². The lowest BCUT2D eigenvalue weighted by Crippen LogP contribution is -2.23. The Hall–Kier alpha value is -1.26. The number of azide groups is 1. The summed E-state index contributed by atoms with van der Waals surface area (Å²) in [5.41, 5.74) is 7.56. The normalized spacial score (nSPS) is 10.7. The van der Waals surface area contributed by atoms with E-state index in [1.54, 1.807) is 0 Å². The third-order valence-corrected chi connectivity index (χ3v) is 1.49. The van der Waals surface area contributed by atoms with Gasteiger partial charge in [-0.15, -0.1) is 0 Å². The molecule has 0 unspecified atom stereocenters. The molecule has 0 aliphatic carbocycles. The van der Waals surface area contributed by atoms with Crippen LogP contribution < -0.4 is 0 Å². The van der Waals surface area contributed by atoms with E-state index >= 15 is 0 Å². The van der Waals surface area contributed by atoms with Crippen molar-refractivity contribution >= 4 is 5.97 Å². The first-order valence-electron chi connectivity index (χ1n) is 5.26. The van der Waals surface area contributed by atoms with Gasteiger partial charge in [-0.1, -0.05) is 5.11 Å². The van der Waals surface area contributed by atoms with Gasteiger partial charge in [-0.05, 0) is 32.7 Å². The molecular weight excluding hydrogens is 210 g/mol. The maximum Gasteiger partial charge on any atom is 0.306 e. The van der Waals surface area contributed by atoms with Gasteiger partial charge < -0.3 is 9.47 Å². The summed E-state index contributed by atoms with van der Waals surface area (Å²) in [6, 6.07) is 0. The smallest absolute Gasteiger partial charge is 0.306 e. The minimum Gasteiger partial charge on any atom is -0.460 e. The molecule has 0 N–H and O–H groups in total.